The van der Waals surface area contributed by atoms with Gasteiger partial charge in [0.15, 0.2) is 11.1 Å². The number of carbonyl (C=O) groups excluding carboxylic acids is 1. The molecule has 0 aliphatic carbocycles. The van der Waals surface area contributed by atoms with Gasteiger partial charge in [-0.2, -0.15) is 5.10 Å². The smallest absolute Gasteiger partial charge is 0.285 e. The van der Waals surface area contributed by atoms with Crippen LogP contribution in [0.15, 0.2) is 45.9 Å². The summed E-state index contributed by atoms with van der Waals surface area (Å²) >= 11 is 6.01. The summed E-state index contributed by atoms with van der Waals surface area (Å²) < 4.78 is 39.1. The van der Waals surface area contributed by atoms with Crippen molar-refractivity contribution in [2.45, 2.75) is 45.7 Å². The minimum Gasteiger partial charge on any atom is -0.455 e. The van der Waals surface area contributed by atoms with E-state index >= 15 is 0 Å². The largest absolute Gasteiger partial charge is 0.455 e. The molecule has 5 rings (SSSR count). The molecule has 41 heavy (non-hydrogen) atoms. The van der Waals surface area contributed by atoms with E-state index in [-0.39, 0.29) is 28.0 Å². The molecule has 1 aliphatic heterocycles. The van der Waals surface area contributed by atoms with Gasteiger partial charge in [-0.3, -0.25) is 14.3 Å². The van der Waals surface area contributed by atoms with Crippen LogP contribution in [0.3, 0.4) is 0 Å². The number of fused-ring (bicyclic) bond motifs is 1. The van der Waals surface area contributed by atoms with Gasteiger partial charge in [0.1, 0.15) is 16.5 Å². The Morgan fingerprint density at radius 2 is 1.93 bits per heavy atom. The third-order valence-corrected chi connectivity index (χ3v) is 7.78. The molecule has 2 N–H and O–H groups in total. The molecule has 1 fully saturated rings. The van der Waals surface area contributed by atoms with Crippen LogP contribution in [-0.2, 0) is 14.8 Å². The fourth-order valence-corrected chi connectivity index (χ4v) is 5.60. The number of pyridine rings is 1. The zero-order chi connectivity index (χ0) is 29.5. The molecule has 11 nitrogen and oxygen atoms in total. The van der Waals surface area contributed by atoms with Crippen LogP contribution < -0.4 is 15.5 Å². The van der Waals surface area contributed by atoms with E-state index in [1.54, 1.807) is 19.2 Å². The lowest BCUT2D eigenvalue weighted by atomic mass is 9.99. The van der Waals surface area contributed by atoms with Crippen molar-refractivity contribution in [2.24, 2.45) is 0 Å². The number of anilines is 1. The Labute approximate surface area is 241 Å². The number of rotatable bonds is 7. The standard InChI is InChI=1S/C28H30ClN5O6S/c1-15-11-20(17(3)31-22-5-6-23(29)32-24(22)28(36)33-41(4,37)38)27-21(12-15)25(35)16(2)26(40-27)18-13-30-34(14-18)19-7-9-39-10-8-19/h5-6,11-14,17,19,31H,7-10H2,1-4H3,(H,33,36)/t17-/m1/s1. The third kappa shape index (κ3) is 6.14. The van der Waals surface area contributed by atoms with Crippen LogP contribution in [0.5, 0.6) is 0 Å². The van der Waals surface area contributed by atoms with E-state index in [0.717, 1.165) is 24.7 Å². The number of aromatic nitrogens is 3. The van der Waals surface area contributed by atoms with Crippen molar-refractivity contribution in [3.8, 4) is 11.3 Å². The van der Waals surface area contributed by atoms with E-state index in [2.05, 4.69) is 15.4 Å². The number of sulfonamides is 1. The molecule has 4 heterocycles. The second-order valence-corrected chi connectivity index (χ2v) is 12.4. The average Bonchev–Trinajstić information content (AvgIpc) is 3.41. The SMILES string of the molecule is Cc1cc([C@@H](C)Nc2ccc(Cl)nc2C(=O)NS(C)(=O)=O)c2oc(-c3cnn(C4CCOCC4)c3)c(C)c(=O)c2c1. The highest BCUT2D eigenvalue weighted by atomic mass is 35.5. The first-order valence-corrected chi connectivity index (χ1v) is 15.3. The van der Waals surface area contributed by atoms with Crippen molar-refractivity contribution in [3.05, 3.63) is 74.4 Å². The number of aryl methyl sites for hydroxylation is 1. The number of nitrogens with zero attached hydrogens (tertiary/aromatic N) is 3. The maximum Gasteiger partial charge on any atom is 0.285 e. The minimum absolute atomic E-state index is 0.0234. The lowest BCUT2D eigenvalue weighted by Crippen LogP contribution is -2.31. The predicted molar refractivity (Wildman–Crippen MR) is 156 cm³/mol. The van der Waals surface area contributed by atoms with E-state index in [9.17, 15) is 18.0 Å². The summed E-state index contributed by atoms with van der Waals surface area (Å²) in [4.78, 5) is 30.3. The Hall–Kier alpha value is -3.74. The molecule has 0 spiro atoms. The Morgan fingerprint density at radius 3 is 2.63 bits per heavy atom. The maximum absolute atomic E-state index is 13.6. The average molecular weight is 600 g/mol. The highest BCUT2D eigenvalue weighted by Gasteiger charge is 2.24. The molecular formula is C28H30ClN5O6S. The lowest BCUT2D eigenvalue weighted by Gasteiger charge is -2.22. The van der Waals surface area contributed by atoms with Crippen LogP contribution in [-0.4, -0.2) is 48.6 Å². The van der Waals surface area contributed by atoms with Gasteiger partial charge in [-0.1, -0.05) is 17.7 Å². The van der Waals surface area contributed by atoms with Gasteiger partial charge in [0.05, 0.1) is 41.2 Å². The van der Waals surface area contributed by atoms with Crippen LogP contribution in [0.4, 0.5) is 5.69 Å². The zero-order valence-electron chi connectivity index (χ0n) is 23.0. The van der Waals surface area contributed by atoms with Crippen molar-refractivity contribution in [3.63, 3.8) is 0 Å². The van der Waals surface area contributed by atoms with Crippen LogP contribution in [0.25, 0.3) is 22.3 Å². The molecule has 1 amide bonds. The number of halogens is 1. The molecule has 216 valence electrons. The highest BCUT2D eigenvalue weighted by Crippen LogP contribution is 2.33. The number of ether oxygens (including phenoxy) is 1. The van der Waals surface area contributed by atoms with Gasteiger partial charge in [-0.05, 0) is 57.4 Å². The number of hydrogen-bond donors (Lipinski definition) is 2. The Bertz CT molecular complexity index is 1810. The fraction of sp³-hybridized carbons (Fsp3) is 0.357. The number of nitrogens with one attached hydrogen (secondary N) is 2. The highest BCUT2D eigenvalue weighted by molar-refractivity contribution is 7.89. The predicted octanol–water partition coefficient (Wildman–Crippen LogP) is 4.54. The van der Waals surface area contributed by atoms with E-state index in [1.807, 2.05) is 35.5 Å². The second kappa shape index (κ2) is 11.3. The topological polar surface area (TPSA) is 145 Å². The molecule has 1 aromatic carbocycles. The summed E-state index contributed by atoms with van der Waals surface area (Å²) in [6.07, 6.45) is 6.19. The van der Waals surface area contributed by atoms with Gasteiger partial charge in [-0.25, -0.2) is 18.1 Å². The van der Waals surface area contributed by atoms with E-state index in [4.69, 9.17) is 20.8 Å². The summed E-state index contributed by atoms with van der Waals surface area (Å²) in [5, 5.41) is 8.21. The Balaban J connectivity index is 1.56. The lowest BCUT2D eigenvalue weighted by molar-refractivity contribution is 0.0662. The monoisotopic (exact) mass is 599 g/mol. The van der Waals surface area contributed by atoms with Crippen LogP contribution in [0.1, 0.15) is 59.0 Å². The maximum atomic E-state index is 13.6. The summed E-state index contributed by atoms with van der Waals surface area (Å²) in [5.41, 5.74) is 2.99. The first kappa shape index (κ1) is 28.8. The first-order valence-electron chi connectivity index (χ1n) is 13.1. The molecule has 4 aromatic rings. The summed E-state index contributed by atoms with van der Waals surface area (Å²) in [5.74, 6) is -0.496. The van der Waals surface area contributed by atoms with E-state index in [0.29, 0.717) is 46.6 Å². The van der Waals surface area contributed by atoms with Gasteiger partial charge in [0, 0.05) is 30.5 Å². The van der Waals surface area contributed by atoms with Crippen molar-refractivity contribution >= 4 is 44.2 Å². The van der Waals surface area contributed by atoms with Crippen molar-refractivity contribution in [1.29, 1.82) is 0 Å². The molecule has 0 saturated carbocycles. The number of carbonyl (C=O) groups is 1. The molecule has 1 atom stereocenters. The Kier molecular flexibility index (Phi) is 7.91. The van der Waals surface area contributed by atoms with Crippen LogP contribution in [0.2, 0.25) is 5.15 Å². The van der Waals surface area contributed by atoms with Gasteiger partial charge >= 0.3 is 0 Å². The minimum atomic E-state index is -3.84. The zero-order valence-corrected chi connectivity index (χ0v) is 24.6. The van der Waals surface area contributed by atoms with Gasteiger partial charge < -0.3 is 14.5 Å². The van der Waals surface area contributed by atoms with E-state index < -0.39 is 22.0 Å². The molecule has 0 bridgehead atoms. The number of benzene rings is 1. The van der Waals surface area contributed by atoms with Crippen LogP contribution >= 0.6 is 11.6 Å². The molecule has 13 heteroatoms. The van der Waals surface area contributed by atoms with E-state index in [1.165, 1.54) is 12.1 Å². The third-order valence-electron chi connectivity index (χ3n) is 7.01. The first-order chi connectivity index (χ1) is 19.4. The van der Waals surface area contributed by atoms with Gasteiger partial charge in [0.25, 0.3) is 5.91 Å². The summed E-state index contributed by atoms with van der Waals surface area (Å²) in [6.45, 7) is 6.81. The molecule has 3 aromatic heterocycles. The molecular weight excluding hydrogens is 570 g/mol. The normalized spacial score (nSPS) is 15.1. The molecule has 0 unspecified atom stereocenters. The van der Waals surface area contributed by atoms with Crippen LogP contribution in [0, 0.1) is 13.8 Å². The van der Waals surface area contributed by atoms with Crippen molar-refractivity contribution in [2.75, 3.05) is 24.8 Å². The molecule has 0 radical (unpaired) electrons. The second-order valence-electron chi connectivity index (χ2n) is 10.3. The molecule has 1 saturated heterocycles. The van der Waals surface area contributed by atoms with Gasteiger partial charge in [-0.15, -0.1) is 0 Å². The van der Waals surface area contributed by atoms with Crippen molar-refractivity contribution < 1.29 is 22.4 Å². The quantitative estimate of drug-likeness (QED) is 0.292. The van der Waals surface area contributed by atoms with Crippen molar-refractivity contribution in [1.82, 2.24) is 19.5 Å². The summed E-state index contributed by atoms with van der Waals surface area (Å²) in [6, 6.07) is 6.43. The summed E-state index contributed by atoms with van der Waals surface area (Å²) in [7, 11) is -3.84. The number of hydrogen-bond acceptors (Lipinski definition) is 9. The Morgan fingerprint density at radius 1 is 1.20 bits per heavy atom. The van der Waals surface area contributed by atoms with Gasteiger partial charge in [0.2, 0.25) is 10.0 Å². The molecule has 1 aliphatic rings. The fourth-order valence-electron chi connectivity index (χ4n) is 5.02. The number of amides is 1.